The molecule has 8 heteroatoms. The molecule has 0 aromatic rings. The maximum Gasteiger partial charge on any atom is 0.306 e. The van der Waals surface area contributed by atoms with Gasteiger partial charge < -0.3 is 18.9 Å². The fourth-order valence-electron chi connectivity index (χ4n) is 5.05. The second-order valence-electron chi connectivity index (χ2n) is 11.9. The molecule has 0 bridgehead atoms. The van der Waals surface area contributed by atoms with Crippen molar-refractivity contribution in [2.24, 2.45) is 0 Å². The maximum atomic E-state index is 12.4. The van der Waals surface area contributed by atoms with Crippen LogP contribution < -0.4 is 0 Å². The summed E-state index contributed by atoms with van der Waals surface area (Å²) in [6.45, 7) is 6.71. The van der Waals surface area contributed by atoms with E-state index in [4.69, 9.17) is 18.9 Å². The first-order chi connectivity index (χ1) is 20.8. The summed E-state index contributed by atoms with van der Waals surface area (Å²) in [5, 5.41) is 0. The number of hydrogen-bond donors (Lipinski definition) is 0. The summed E-state index contributed by atoms with van der Waals surface area (Å²) in [6, 6.07) is 0. The third-order valence-electron chi connectivity index (χ3n) is 7.55. The van der Waals surface area contributed by atoms with Crippen LogP contribution in [0.25, 0.3) is 0 Å². The minimum absolute atomic E-state index is 0.0101. The zero-order valence-electron chi connectivity index (χ0n) is 28.1. The highest BCUT2D eigenvalue weighted by atomic mass is 16.6. The van der Waals surface area contributed by atoms with Crippen LogP contribution in [0.15, 0.2) is 0 Å². The number of ether oxygens (including phenoxy) is 4. The van der Waals surface area contributed by atoms with Gasteiger partial charge in [0, 0.05) is 26.7 Å². The molecule has 0 aliphatic carbocycles. The summed E-state index contributed by atoms with van der Waals surface area (Å²) >= 11 is 0. The number of carbonyl (C=O) groups excluding carboxylic acids is 4. The molecule has 0 aromatic carbocycles. The van der Waals surface area contributed by atoms with Gasteiger partial charge in [-0.25, -0.2) is 0 Å². The first kappa shape index (κ1) is 40.9. The SMILES string of the molecule is CCCCCCCCCC(=O)OC(CCCCCC)CCCCCCCCCCC(=O)OCC(COC(C)=O)OC(C)=O. The van der Waals surface area contributed by atoms with E-state index in [1.807, 2.05) is 0 Å². The van der Waals surface area contributed by atoms with Crippen molar-refractivity contribution in [3.05, 3.63) is 0 Å². The Morgan fingerprint density at radius 2 is 0.860 bits per heavy atom. The van der Waals surface area contributed by atoms with Crippen LogP contribution in [0.4, 0.5) is 0 Å². The molecule has 0 heterocycles. The molecule has 0 radical (unpaired) electrons. The first-order valence-electron chi connectivity index (χ1n) is 17.4. The lowest BCUT2D eigenvalue weighted by Crippen LogP contribution is -2.29. The van der Waals surface area contributed by atoms with E-state index in [0.717, 1.165) is 70.6 Å². The van der Waals surface area contributed by atoms with Gasteiger partial charge in [-0.3, -0.25) is 19.2 Å². The zero-order valence-corrected chi connectivity index (χ0v) is 28.1. The van der Waals surface area contributed by atoms with Gasteiger partial charge in [0.25, 0.3) is 0 Å². The summed E-state index contributed by atoms with van der Waals surface area (Å²) in [6.07, 6.45) is 23.9. The molecule has 2 unspecified atom stereocenters. The van der Waals surface area contributed by atoms with E-state index in [2.05, 4.69) is 13.8 Å². The fraction of sp³-hybridized carbons (Fsp3) is 0.886. The molecule has 252 valence electrons. The maximum absolute atomic E-state index is 12.4. The summed E-state index contributed by atoms with van der Waals surface area (Å²) in [4.78, 5) is 46.6. The minimum Gasteiger partial charge on any atom is -0.462 e. The molecule has 0 aliphatic heterocycles. The van der Waals surface area contributed by atoms with Crippen LogP contribution in [0.1, 0.15) is 175 Å². The van der Waals surface area contributed by atoms with Gasteiger partial charge >= 0.3 is 23.9 Å². The molecule has 8 nitrogen and oxygen atoms in total. The molecule has 2 atom stereocenters. The second kappa shape index (κ2) is 29.9. The molecule has 43 heavy (non-hydrogen) atoms. The molecular formula is C35H64O8. The van der Waals surface area contributed by atoms with Crippen molar-refractivity contribution in [1.29, 1.82) is 0 Å². The fourth-order valence-corrected chi connectivity index (χ4v) is 5.05. The lowest BCUT2D eigenvalue weighted by molar-refractivity contribution is -0.164. The highest BCUT2D eigenvalue weighted by Gasteiger charge is 2.17. The third kappa shape index (κ3) is 29.7. The molecule has 0 aliphatic rings. The standard InChI is InChI=1S/C35H64O8/c1-5-7-9-11-14-19-23-27-35(39)43-32(24-20-10-8-6-2)25-21-17-15-12-13-16-18-22-26-34(38)41-29-33(42-31(4)37)28-40-30(3)36/h32-33H,5-29H2,1-4H3. The van der Waals surface area contributed by atoms with Crippen molar-refractivity contribution in [2.75, 3.05) is 13.2 Å². The molecule has 0 saturated carbocycles. The minimum atomic E-state index is -0.788. The van der Waals surface area contributed by atoms with Gasteiger partial charge in [0.1, 0.15) is 19.3 Å². The highest BCUT2D eigenvalue weighted by Crippen LogP contribution is 2.18. The van der Waals surface area contributed by atoms with E-state index in [0.29, 0.717) is 12.8 Å². The average molecular weight is 613 g/mol. The summed E-state index contributed by atoms with van der Waals surface area (Å²) in [5.41, 5.74) is 0. The normalized spacial score (nSPS) is 12.4. The molecule has 0 saturated heterocycles. The van der Waals surface area contributed by atoms with Crippen LogP contribution in [-0.4, -0.2) is 49.3 Å². The van der Waals surface area contributed by atoms with Gasteiger partial charge in [-0.1, -0.05) is 110 Å². The van der Waals surface area contributed by atoms with Crippen LogP contribution in [0.5, 0.6) is 0 Å². The van der Waals surface area contributed by atoms with E-state index >= 15 is 0 Å². The van der Waals surface area contributed by atoms with Crippen LogP contribution in [0, 0.1) is 0 Å². The Morgan fingerprint density at radius 3 is 1.35 bits per heavy atom. The number of rotatable bonds is 30. The zero-order chi connectivity index (χ0) is 32.0. The van der Waals surface area contributed by atoms with Crippen LogP contribution >= 0.6 is 0 Å². The van der Waals surface area contributed by atoms with Crippen LogP contribution in [0.3, 0.4) is 0 Å². The van der Waals surface area contributed by atoms with Crippen LogP contribution in [-0.2, 0) is 38.1 Å². The van der Waals surface area contributed by atoms with Gasteiger partial charge in [-0.2, -0.15) is 0 Å². The van der Waals surface area contributed by atoms with Crippen molar-refractivity contribution >= 4 is 23.9 Å². The van der Waals surface area contributed by atoms with Crippen molar-refractivity contribution in [3.8, 4) is 0 Å². The van der Waals surface area contributed by atoms with Gasteiger partial charge in [0.15, 0.2) is 6.10 Å². The van der Waals surface area contributed by atoms with Gasteiger partial charge in [0.05, 0.1) is 0 Å². The largest absolute Gasteiger partial charge is 0.462 e. The van der Waals surface area contributed by atoms with Crippen molar-refractivity contribution in [3.63, 3.8) is 0 Å². The summed E-state index contributed by atoms with van der Waals surface area (Å²) in [5.74, 6) is -1.36. The molecule has 0 amide bonds. The monoisotopic (exact) mass is 612 g/mol. The Labute approximate surface area is 262 Å². The average Bonchev–Trinajstić information content (AvgIpc) is 2.96. The van der Waals surface area contributed by atoms with Crippen molar-refractivity contribution < 1.29 is 38.1 Å². The van der Waals surface area contributed by atoms with E-state index in [-0.39, 0.29) is 31.3 Å². The predicted molar refractivity (Wildman–Crippen MR) is 171 cm³/mol. The lowest BCUT2D eigenvalue weighted by Gasteiger charge is -2.18. The van der Waals surface area contributed by atoms with E-state index in [1.165, 1.54) is 78.1 Å². The molecule has 0 aromatic heterocycles. The summed E-state index contributed by atoms with van der Waals surface area (Å²) < 4.78 is 21.0. The van der Waals surface area contributed by atoms with Gasteiger partial charge in [-0.15, -0.1) is 0 Å². The Balaban J connectivity index is 3.99. The van der Waals surface area contributed by atoms with Gasteiger partial charge in [0.2, 0.25) is 0 Å². The lowest BCUT2D eigenvalue weighted by atomic mass is 10.0. The smallest absolute Gasteiger partial charge is 0.306 e. The molecular weight excluding hydrogens is 548 g/mol. The van der Waals surface area contributed by atoms with Crippen molar-refractivity contribution in [1.82, 2.24) is 0 Å². The van der Waals surface area contributed by atoms with Crippen molar-refractivity contribution in [2.45, 2.75) is 188 Å². The summed E-state index contributed by atoms with van der Waals surface area (Å²) in [7, 11) is 0. The first-order valence-corrected chi connectivity index (χ1v) is 17.4. The molecule has 0 fully saturated rings. The van der Waals surface area contributed by atoms with E-state index in [1.54, 1.807) is 0 Å². The third-order valence-corrected chi connectivity index (χ3v) is 7.55. The van der Waals surface area contributed by atoms with Gasteiger partial charge in [-0.05, 0) is 38.5 Å². The number of unbranched alkanes of at least 4 members (excludes halogenated alkanes) is 16. The Bertz CT molecular complexity index is 708. The topological polar surface area (TPSA) is 105 Å². The molecule has 0 N–H and O–H groups in total. The van der Waals surface area contributed by atoms with E-state index < -0.39 is 18.0 Å². The predicted octanol–water partition coefficient (Wildman–Crippen LogP) is 8.95. The molecule has 0 rings (SSSR count). The quantitative estimate of drug-likeness (QED) is 0.0450. The Hall–Kier alpha value is -2.12. The number of carbonyl (C=O) groups is 4. The Morgan fingerprint density at radius 1 is 0.442 bits per heavy atom. The Kier molecular flexibility index (Phi) is 28.5. The van der Waals surface area contributed by atoms with Crippen LogP contribution in [0.2, 0.25) is 0 Å². The highest BCUT2D eigenvalue weighted by molar-refractivity contribution is 5.70. The number of esters is 4. The number of hydrogen-bond acceptors (Lipinski definition) is 8. The second-order valence-corrected chi connectivity index (χ2v) is 11.9. The molecule has 0 spiro atoms. The van der Waals surface area contributed by atoms with E-state index in [9.17, 15) is 19.2 Å².